The SMILES string of the molecule is COc1c(N2CCOCC2)cc(C(=O)C[n+]2[n-]c(=N)n3nc(OCC(F)(F)F)ccc32)cc1C(C)(C)C. The van der Waals surface area contributed by atoms with Gasteiger partial charge in [-0.2, -0.15) is 18.3 Å². The maximum absolute atomic E-state index is 13.5. The second kappa shape index (κ2) is 10.0. The van der Waals surface area contributed by atoms with Gasteiger partial charge in [-0.25, -0.2) is 9.78 Å². The van der Waals surface area contributed by atoms with Gasteiger partial charge in [-0.1, -0.05) is 20.8 Å². The van der Waals surface area contributed by atoms with E-state index in [1.165, 1.54) is 16.8 Å². The van der Waals surface area contributed by atoms with Crippen molar-refractivity contribution in [3.05, 3.63) is 41.0 Å². The number of halogens is 3. The molecule has 37 heavy (non-hydrogen) atoms. The topological polar surface area (TPSA) is 107 Å². The largest absolute Gasteiger partial charge is 0.494 e. The van der Waals surface area contributed by atoms with Gasteiger partial charge in [-0.15, -0.1) is 0 Å². The first-order valence-corrected chi connectivity index (χ1v) is 11.7. The number of fused-ring (bicyclic) bond motifs is 1. The predicted octanol–water partition coefficient (Wildman–Crippen LogP) is 2.03. The van der Waals surface area contributed by atoms with Crippen LogP contribution in [-0.2, 0) is 16.7 Å². The number of hydrogen-bond acceptors (Lipinski definition) is 7. The lowest BCUT2D eigenvalue weighted by Crippen LogP contribution is -2.43. The number of Topliss-reactive ketones (excluding diaryl/α,β-unsaturated/α-hetero) is 1. The molecule has 1 aliphatic rings. The van der Waals surface area contributed by atoms with Gasteiger partial charge in [0.25, 0.3) is 0 Å². The summed E-state index contributed by atoms with van der Waals surface area (Å²) in [5.74, 6) is 0.134. The van der Waals surface area contributed by atoms with Crippen LogP contribution < -0.4 is 29.8 Å². The normalized spacial score (nSPS) is 14.7. The van der Waals surface area contributed by atoms with E-state index in [0.29, 0.717) is 37.6 Å². The Bertz CT molecular complexity index is 1350. The minimum absolute atomic E-state index is 0.203. The zero-order valence-corrected chi connectivity index (χ0v) is 21.1. The average Bonchev–Trinajstić information content (AvgIpc) is 3.15. The molecule has 1 aromatic carbocycles. The molecule has 2 aromatic heterocycles. The summed E-state index contributed by atoms with van der Waals surface area (Å²) in [5.41, 5.74) is 1.72. The third kappa shape index (κ3) is 5.87. The number of ketones is 1. The van der Waals surface area contributed by atoms with Gasteiger partial charge in [0.15, 0.2) is 18.8 Å². The molecule has 4 rings (SSSR count). The van der Waals surface area contributed by atoms with Gasteiger partial charge in [-0.05, 0) is 23.6 Å². The Morgan fingerprint density at radius 3 is 2.54 bits per heavy atom. The van der Waals surface area contributed by atoms with Crippen LogP contribution >= 0.6 is 0 Å². The van der Waals surface area contributed by atoms with E-state index in [4.69, 9.17) is 14.9 Å². The van der Waals surface area contributed by atoms with E-state index in [1.807, 2.05) is 26.8 Å². The Morgan fingerprint density at radius 1 is 1.22 bits per heavy atom. The molecule has 0 atom stereocenters. The fourth-order valence-corrected chi connectivity index (χ4v) is 4.12. The average molecular weight is 523 g/mol. The third-order valence-electron chi connectivity index (χ3n) is 5.90. The Kier molecular flexibility index (Phi) is 7.18. The number of morpholine rings is 1. The van der Waals surface area contributed by atoms with Gasteiger partial charge >= 0.3 is 6.18 Å². The number of anilines is 1. The van der Waals surface area contributed by atoms with Crippen LogP contribution in [0.5, 0.6) is 11.6 Å². The highest BCUT2D eigenvalue weighted by atomic mass is 19.4. The molecule has 0 spiro atoms. The van der Waals surface area contributed by atoms with Gasteiger partial charge < -0.3 is 24.5 Å². The highest BCUT2D eigenvalue weighted by molar-refractivity contribution is 5.97. The van der Waals surface area contributed by atoms with Gasteiger partial charge in [0.1, 0.15) is 5.75 Å². The van der Waals surface area contributed by atoms with Crippen LogP contribution in [0.3, 0.4) is 0 Å². The number of rotatable bonds is 7. The maximum atomic E-state index is 13.5. The standard InChI is InChI=1S/C24H29F3N6O4/c1-23(2,3)16-11-15(12-17(21(16)35-4)31-7-9-36-10-8-31)18(34)13-32-20-6-5-19(37-14-24(25,26)27)29-33(20)22(28)30-32/h5-6,11-12,28H,7-10,13-14H2,1-4H3. The lowest BCUT2D eigenvalue weighted by Gasteiger charge is -2.33. The monoisotopic (exact) mass is 522 g/mol. The van der Waals surface area contributed by atoms with Crippen LogP contribution in [0.25, 0.3) is 5.65 Å². The zero-order chi connectivity index (χ0) is 27.0. The van der Waals surface area contributed by atoms with Crippen molar-refractivity contribution in [2.45, 2.75) is 38.9 Å². The highest BCUT2D eigenvalue weighted by Gasteiger charge is 2.29. The number of nitrogens with one attached hydrogen (secondary N) is 1. The van der Waals surface area contributed by atoms with Gasteiger partial charge in [0, 0.05) is 30.3 Å². The summed E-state index contributed by atoms with van der Waals surface area (Å²) < 4.78 is 55.7. The number of hydrogen-bond donors (Lipinski definition) is 1. The van der Waals surface area contributed by atoms with Gasteiger partial charge in [0.2, 0.25) is 11.7 Å². The van der Waals surface area contributed by atoms with Crippen molar-refractivity contribution in [1.29, 1.82) is 5.41 Å². The predicted molar refractivity (Wildman–Crippen MR) is 125 cm³/mol. The van der Waals surface area contributed by atoms with E-state index < -0.39 is 12.8 Å². The molecular formula is C24H29F3N6O4. The molecule has 13 heteroatoms. The lowest BCUT2D eigenvalue weighted by molar-refractivity contribution is -0.721. The second-order valence-electron chi connectivity index (χ2n) is 9.68. The number of nitrogens with zero attached hydrogens (tertiary/aromatic N) is 5. The van der Waals surface area contributed by atoms with Crippen molar-refractivity contribution >= 4 is 17.1 Å². The molecule has 0 unspecified atom stereocenters. The summed E-state index contributed by atoms with van der Waals surface area (Å²) >= 11 is 0. The first-order valence-electron chi connectivity index (χ1n) is 11.7. The van der Waals surface area contributed by atoms with Crippen molar-refractivity contribution in [1.82, 2.24) is 14.7 Å². The molecule has 1 saturated heterocycles. The number of carbonyl (C=O) groups excluding carboxylic acids is 1. The maximum Gasteiger partial charge on any atom is 0.422 e. The van der Waals surface area contributed by atoms with E-state index >= 15 is 0 Å². The number of benzene rings is 1. The molecule has 1 fully saturated rings. The van der Waals surface area contributed by atoms with Gasteiger partial charge in [-0.3, -0.25) is 9.31 Å². The van der Waals surface area contributed by atoms with Crippen molar-refractivity contribution in [2.24, 2.45) is 0 Å². The Morgan fingerprint density at radius 2 is 1.92 bits per heavy atom. The summed E-state index contributed by atoms with van der Waals surface area (Å²) in [5, 5.41) is 16.0. The smallest absolute Gasteiger partial charge is 0.422 e. The Balaban J connectivity index is 1.68. The van der Waals surface area contributed by atoms with E-state index in [0.717, 1.165) is 15.8 Å². The fraction of sp³-hybridized carbons (Fsp3) is 0.500. The zero-order valence-electron chi connectivity index (χ0n) is 21.1. The Labute approximate surface area is 211 Å². The summed E-state index contributed by atoms with van der Waals surface area (Å²) in [7, 11) is 1.61. The molecule has 0 saturated carbocycles. The first kappa shape index (κ1) is 26.5. The van der Waals surface area contributed by atoms with Crippen LogP contribution in [0.2, 0.25) is 0 Å². The third-order valence-corrected chi connectivity index (χ3v) is 5.90. The number of ether oxygens (including phenoxy) is 3. The number of alkyl halides is 3. The van der Waals surface area contributed by atoms with Crippen LogP contribution in [-0.4, -0.2) is 61.6 Å². The Hall–Kier alpha value is -3.61. The van der Waals surface area contributed by atoms with Crippen LogP contribution in [0.4, 0.5) is 18.9 Å². The minimum Gasteiger partial charge on any atom is -0.494 e. The van der Waals surface area contributed by atoms with Crippen LogP contribution in [0, 0.1) is 5.41 Å². The molecular weight excluding hydrogens is 493 g/mol. The van der Waals surface area contributed by atoms with Crippen LogP contribution in [0.15, 0.2) is 24.3 Å². The summed E-state index contributed by atoms with van der Waals surface area (Å²) in [6, 6.07) is 6.26. The summed E-state index contributed by atoms with van der Waals surface area (Å²) in [4.78, 5) is 15.6. The molecule has 0 amide bonds. The van der Waals surface area contributed by atoms with E-state index in [9.17, 15) is 18.0 Å². The first-order chi connectivity index (χ1) is 17.4. The molecule has 0 bridgehead atoms. The molecule has 10 nitrogen and oxygen atoms in total. The van der Waals surface area contributed by atoms with Crippen molar-refractivity contribution in [3.63, 3.8) is 0 Å². The highest BCUT2D eigenvalue weighted by Crippen LogP contribution is 2.40. The number of carbonyl (C=O) groups is 1. The molecule has 200 valence electrons. The van der Waals surface area contributed by atoms with Crippen LogP contribution in [0.1, 0.15) is 36.7 Å². The van der Waals surface area contributed by atoms with Crippen molar-refractivity contribution in [3.8, 4) is 11.6 Å². The lowest BCUT2D eigenvalue weighted by atomic mass is 9.84. The van der Waals surface area contributed by atoms with E-state index in [-0.39, 0.29) is 34.9 Å². The molecule has 0 radical (unpaired) electrons. The molecule has 1 N–H and O–H groups in total. The van der Waals surface area contributed by atoms with Gasteiger partial charge in [0.05, 0.1) is 31.6 Å². The minimum atomic E-state index is -4.52. The number of aromatic nitrogens is 4. The molecule has 3 heterocycles. The molecule has 3 aromatic rings. The quantitative estimate of drug-likeness (QED) is 0.374. The van der Waals surface area contributed by atoms with E-state index in [2.05, 4.69) is 19.8 Å². The summed E-state index contributed by atoms with van der Waals surface area (Å²) in [6.45, 7) is 6.85. The molecule has 0 aliphatic carbocycles. The summed E-state index contributed by atoms with van der Waals surface area (Å²) in [6.07, 6.45) is -4.52. The fourth-order valence-electron chi connectivity index (χ4n) is 4.12. The molecule has 1 aliphatic heterocycles. The number of methoxy groups -OCH3 is 1. The van der Waals surface area contributed by atoms with Crippen molar-refractivity contribution in [2.75, 3.05) is 44.9 Å². The van der Waals surface area contributed by atoms with E-state index in [1.54, 1.807) is 13.2 Å². The van der Waals surface area contributed by atoms with Crippen molar-refractivity contribution < 1.29 is 36.9 Å². The second-order valence-corrected chi connectivity index (χ2v) is 9.68.